The predicted octanol–water partition coefficient (Wildman–Crippen LogP) is 8.48. The van der Waals surface area contributed by atoms with E-state index in [4.69, 9.17) is 5.73 Å². The number of allylic oxidation sites excluding steroid dienone is 4. The Morgan fingerprint density at radius 3 is 2.10 bits per heavy atom. The maximum Gasteiger partial charge on any atom is 0.0562 e. The number of nitrogens with zero attached hydrogens (tertiary/aromatic N) is 2. The van der Waals surface area contributed by atoms with Crippen molar-refractivity contribution in [2.24, 2.45) is 5.73 Å². The fourth-order valence-electron chi connectivity index (χ4n) is 7.44. The number of fused-ring (bicyclic) bond motifs is 6. The summed E-state index contributed by atoms with van der Waals surface area (Å²) in [4.78, 5) is 0. The molecule has 2 heterocycles. The highest BCUT2D eigenvalue weighted by Crippen LogP contribution is 2.43. The Morgan fingerprint density at radius 1 is 0.738 bits per heavy atom. The Morgan fingerprint density at radius 2 is 1.40 bits per heavy atom. The predicted molar refractivity (Wildman–Crippen MR) is 178 cm³/mol. The number of rotatable bonds is 5. The molecule has 42 heavy (non-hydrogen) atoms. The van der Waals surface area contributed by atoms with E-state index in [2.05, 4.69) is 131 Å². The minimum Gasteiger partial charge on any atom is -0.326 e. The molecule has 8 rings (SSSR count). The van der Waals surface area contributed by atoms with Gasteiger partial charge in [0.2, 0.25) is 0 Å². The second-order valence-corrected chi connectivity index (χ2v) is 11.7. The summed E-state index contributed by atoms with van der Waals surface area (Å²) in [6, 6.07) is 33.6. The zero-order valence-corrected chi connectivity index (χ0v) is 24.1. The van der Waals surface area contributed by atoms with Crippen LogP contribution in [0, 0.1) is 0 Å². The van der Waals surface area contributed by atoms with Crippen molar-refractivity contribution in [1.29, 1.82) is 0 Å². The third-order valence-corrected chi connectivity index (χ3v) is 9.34. The molecular weight excluding hydrogens is 512 g/mol. The molecule has 2 atom stereocenters. The fraction of sp³-hybridized carbons (Fsp3) is 0.211. The van der Waals surface area contributed by atoms with Crippen LogP contribution in [0.2, 0.25) is 0 Å². The van der Waals surface area contributed by atoms with Crippen LogP contribution in [0.15, 0.2) is 120 Å². The number of aromatic nitrogens is 2. The molecule has 4 aromatic carbocycles. The van der Waals surface area contributed by atoms with Gasteiger partial charge in [-0.3, -0.25) is 0 Å². The van der Waals surface area contributed by atoms with Crippen LogP contribution >= 0.6 is 0 Å². The van der Waals surface area contributed by atoms with Gasteiger partial charge < -0.3 is 20.2 Å². The summed E-state index contributed by atoms with van der Waals surface area (Å²) in [7, 11) is 0. The van der Waals surface area contributed by atoms with Crippen LogP contribution in [0.25, 0.3) is 55.0 Å². The molecule has 0 radical (unpaired) electrons. The van der Waals surface area contributed by atoms with Crippen molar-refractivity contribution >= 4 is 49.3 Å². The lowest BCUT2D eigenvalue weighted by molar-refractivity contribution is 0.421. The first kappa shape index (κ1) is 25.3. The van der Waals surface area contributed by atoms with Gasteiger partial charge in [-0.2, -0.15) is 0 Å². The number of hydrogen-bond donors (Lipinski definition) is 2. The molecule has 0 saturated carbocycles. The molecule has 2 aliphatic rings. The van der Waals surface area contributed by atoms with E-state index in [0.29, 0.717) is 0 Å². The standard InChI is InChI=1S/C38H36N4/c1-2-40-33-22-29(25-13-5-3-6-14-25)36(23-32(33)39)42-35-20-12-10-18-28(35)31-21-30-27-17-9-11-19-34(27)41(37(30)24-38(31)42)26-15-7-4-8-16-26/h3-5,7-13,15-21,24,32-33,40H,2,6,14,22-23,39H2,1H3. The largest absolute Gasteiger partial charge is 0.326 e. The molecule has 4 nitrogen and oxygen atoms in total. The first-order chi connectivity index (χ1) is 20.7. The van der Waals surface area contributed by atoms with Gasteiger partial charge in [-0.25, -0.2) is 0 Å². The van der Waals surface area contributed by atoms with Crippen molar-refractivity contribution < 1.29 is 0 Å². The molecular formula is C38H36N4. The van der Waals surface area contributed by atoms with Crippen LogP contribution in [-0.2, 0) is 0 Å². The minimum atomic E-state index is 0.0548. The second-order valence-electron chi connectivity index (χ2n) is 11.7. The van der Waals surface area contributed by atoms with E-state index >= 15 is 0 Å². The highest BCUT2D eigenvalue weighted by molar-refractivity contribution is 6.19. The fourth-order valence-corrected chi connectivity index (χ4v) is 7.44. The van der Waals surface area contributed by atoms with Gasteiger partial charge in [0.05, 0.1) is 22.1 Å². The molecule has 0 amide bonds. The lowest BCUT2D eigenvalue weighted by Crippen LogP contribution is -2.48. The smallest absolute Gasteiger partial charge is 0.0562 e. The normalized spacial score (nSPS) is 19.4. The zero-order valence-electron chi connectivity index (χ0n) is 24.1. The van der Waals surface area contributed by atoms with Gasteiger partial charge in [-0.15, -0.1) is 0 Å². The van der Waals surface area contributed by atoms with Gasteiger partial charge in [-0.1, -0.05) is 79.7 Å². The molecule has 208 valence electrons. The summed E-state index contributed by atoms with van der Waals surface area (Å²) in [5.41, 5.74) is 17.3. The summed E-state index contributed by atoms with van der Waals surface area (Å²) in [6.45, 7) is 3.11. The number of hydrogen-bond acceptors (Lipinski definition) is 2. The number of nitrogens with one attached hydrogen (secondary N) is 1. The van der Waals surface area contributed by atoms with Gasteiger partial charge in [0.15, 0.2) is 0 Å². The lowest BCUT2D eigenvalue weighted by Gasteiger charge is -2.35. The molecule has 4 heteroatoms. The van der Waals surface area contributed by atoms with E-state index in [9.17, 15) is 0 Å². The van der Waals surface area contributed by atoms with Crippen LogP contribution in [0.4, 0.5) is 0 Å². The van der Waals surface area contributed by atoms with Crippen LogP contribution < -0.4 is 11.1 Å². The molecule has 0 saturated heterocycles. The van der Waals surface area contributed by atoms with Crippen LogP contribution in [-0.4, -0.2) is 27.8 Å². The minimum absolute atomic E-state index is 0.0548. The molecule has 2 aromatic heterocycles. The van der Waals surface area contributed by atoms with E-state index in [1.165, 1.54) is 66.1 Å². The van der Waals surface area contributed by atoms with Crippen molar-refractivity contribution in [1.82, 2.24) is 14.5 Å². The molecule has 0 bridgehead atoms. The zero-order chi connectivity index (χ0) is 28.2. The van der Waals surface area contributed by atoms with Crippen LogP contribution in [0.3, 0.4) is 0 Å². The van der Waals surface area contributed by atoms with Gasteiger partial charge in [0.1, 0.15) is 0 Å². The molecule has 6 aromatic rings. The summed E-state index contributed by atoms with van der Waals surface area (Å²) in [6.07, 6.45) is 10.8. The number of benzene rings is 4. The topological polar surface area (TPSA) is 47.9 Å². The molecule has 2 aliphatic carbocycles. The van der Waals surface area contributed by atoms with Crippen LogP contribution in [0.5, 0.6) is 0 Å². The first-order valence-electron chi connectivity index (χ1n) is 15.3. The second kappa shape index (κ2) is 10.2. The van der Waals surface area contributed by atoms with Gasteiger partial charge in [0.25, 0.3) is 0 Å². The van der Waals surface area contributed by atoms with E-state index in [0.717, 1.165) is 32.2 Å². The molecule has 3 N–H and O–H groups in total. The van der Waals surface area contributed by atoms with E-state index < -0.39 is 0 Å². The van der Waals surface area contributed by atoms with Gasteiger partial charge >= 0.3 is 0 Å². The van der Waals surface area contributed by atoms with E-state index in [1.807, 2.05) is 0 Å². The average Bonchev–Trinajstić information content (AvgIpc) is 3.54. The maximum atomic E-state index is 6.94. The summed E-state index contributed by atoms with van der Waals surface area (Å²) >= 11 is 0. The van der Waals surface area contributed by atoms with Crippen molar-refractivity contribution in [2.75, 3.05) is 6.54 Å². The third-order valence-electron chi connectivity index (χ3n) is 9.34. The Kier molecular flexibility index (Phi) is 6.13. The van der Waals surface area contributed by atoms with Crippen molar-refractivity contribution in [3.63, 3.8) is 0 Å². The number of likely N-dealkylation sites (N-methyl/N-ethyl adjacent to an activating group) is 1. The summed E-state index contributed by atoms with van der Waals surface area (Å²) in [5.74, 6) is 0. The summed E-state index contributed by atoms with van der Waals surface area (Å²) < 4.78 is 4.97. The Labute approximate surface area is 246 Å². The number of para-hydroxylation sites is 3. The van der Waals surface area contributed by atoms with Crippen molar-refractivity contribution in [2.45, 2.75) is 44.7 Å². The monoisotopic (exact) mass is 548 g/mol. The molecule has 2 unspecified atom stereocenters. The van der Waals surface area contributed by atoms with Crippen molar-refractivity contribution in [3.8, 4) is 5.69 Å². The van der Waals surface area contributed by atoms with E-state index in [-0.39, 0.29) is 12.1 Å². The number of nitrogens with two attached hydrogens (primary N) is 1. The highest BCUT2D eigenvalue weighted by Gasteiger charge is 2.31. The van der Waals surface area contributed by atoms with Crippen molar-refractivity contribution in [3.05, 3.63) is 120 Å². The summed E-state index contributed by atoms with van der Waals surface area (Å²) in [5, 5.41) is 8.84. The lowest BCUT2D eigenvalue weighted by atomic mass is 9.82. The SMILES string of the molecule is CCNC1CC(C2=CC=CCC2)=C(n2c3ccccc3c3cc4c5ccccc5n(-c5ccccc5)c4cc32)CC1N. The Balaban J connectivity index is 1.49. The van der Waals surface area contributed by atoms with Gasteiger partial charge in [-0.05, 0) is 73.4 Å². The van der Waals surface area contributed by atoms with E-state index in [1.54, 1.807) is 0 Å². The maximum absolute atomic E-state index is 6.94. The Bertz CT molecular complexity index is 2070. The quantitative estimate of drug-likeness (QED) is 0.227. The first-order valence-corrected chi connectivity index (χ1v) is 15.3. The Hall–Kier alpha value is -4.38. The highest BCUT2D eigenvalue weighted by atomic mass is 15.0. The molecule has 0 spiro atoms. The molecule has 0 fully saturated rings. The van der Waals surface area contributed by atoms with Crippen LogP contribution in [0.1, 0.15) is 32.6 Å². The third kappa shape index (κ3) is 3.90. The molecule has 0 aliphatic heterocycles. The van der Waals surface area contributed by atoms with Gasteiger partial charge in [0, 0.05) is 51.4 Å². The average molecular weight is 549 g/mol.